The van der Waals surface area contributed by atoms with Crippen molar-refractivity contribution in [2.24, 2.45) is 0 Å². The fraction of sp³-hybridized carbons (Fsp3) is 0.667. The number of aryl methyl sites for hydroxylation is 1. The van der Waals surface area contributed by atoms with Gasteiger partial charge in [0.15, 0.2) is 0 Å². The highest BCUT2D eigenvalue weighted by Crippen LogP contribution is 2.40. The standard InChI is InChI=1S/C12H16N2S/c1-15-12-9-4-2-3-5-10(9)13-11(14-12)8-6-7-8/h8H,2-7H2,1H3. The zero-order chi connectivity index (χ0) is 10.3. The van der Waals surface area contributed by atoms with E-state index in [4.69, 9.17) is 9.97 Å². The summed E-state index contributed by atoms with van der Waals surface area (Å²) in [4.78, 5) is 9.48. The molecule has 1 saturated carbocycles. The van der Waals surface area contributed by atoms with Crippen molar-refractivity contribution in [3.8, 4) is 0 Å². The second kappa shape index (κ2) is 3.78. The molecule has 1 heterocycles. The molecule has 2 nitrogen and oxygen atoms in total. The Morgan fingerprint density at radius 2 is 1.93 bits per heavy atom. The Hall–Kier alpha value is -0.570. The second-order valence-electron chi connectivity index (χ2n) is 4.50. The average molecular weight is 220 g/mol. The lowest BCUT2D eigenvalue weighted by atomic mass is 9.97. The van der Waals surface area contributed by atoms with Crippen LogP contribution in [-0.2, 0) is 12.8 Å². The topological polar surface area (TPSA) is 25.8 Å². The number of rotatable bonds is 2. The van der Waals surface area contributed by atoms with Gasteiger partial charge >= 0.3 is 0 Å². The van der Waals surface area contributed by atoms with E-state index < -0.39 is 0 Å². The SMILES string of the molecule is CSc1nc(C2CC2)nc2c1CCCC2. The number of aromatic nitrogens is 2. The van der Waals surface area contributed by atoms with Crippen molar-refractivity contribution in [2.75, 3.05) is 6.26 Å². The van der Waals surface area contributed by atoms with E-state index in [0.717, 1.165) is 5.82 Å². The van der Waals surface area contributed by atoms with Crippen LogP contribution in [0.25, 0.3) is 0 Å². The maximum absolute atomic E-state index is 4.76. The highest BCUT2D eigenvalue weighted by Gasteiger charge is 2.28. The molecule has 1 fully saturated rings. The van der Waals surface area contributed by atoms with Crippen LogP contribution in [0.3, 0.4) is 0 Å². The van der Waals surface area contributed by atoms with E-state index >= 15 is 0 Å². The summed E-state index contributed by atoms with van der Waals surface area (Å²) in [7, 11) is 0. The van der Waals surface area contributed by atoms with E-state index in [9.17, 15) is 0 Å². The number of nitrogens with zero attached hydrogens (tertiary/aromatic N) is 2. The molecular formula is C12H16N2S. The monoisotopic (exact) mass is 220 g/mol. The third-order valence-corrected chi connectivity index (χ3v) is 4.02. The van der Waals surface area contributed by atoms with Gasteiger partial charge in [-0.1, -0.05) is 0 Å². The largest absolute Gasteiger partial charge is 0.237 e. The van der Waals surface area contributed by atoms with Gasteiger partial charge in [0.25, 0.3) is 0 Å². The van der Waals surface area contributed by atoms with Crippen LogP contribution in [-0.4, -0.2) is 16.2 Å². The minimum absolute atomic E-state index is 0.683. The van der Waals surface area contributed by atoms with E-state index in [1.807, 2.05) is 0 Å². The summed E-state index contributed by atoms with van der Waals surface area (Å²) >= 11 is 1.79. The molecule has 0 bridgehead atoms. The normalized spacial score (nSPS) is 20.1. The highest BCUT2D eigenvalue weighted by atomic mass is 32.2. The predicted octanol–water partition coefficient (Wildman–Crippen LogP) is 2.95. The molecule has 1 aromatic heterocycles. The molecule has 0 N–H and O–H groups in total. The molecule has 0 atom stereocenters. The van der Waals surface area contributed by atoms with E-state index in [0.29, 0.717) is 5.92 Å². The van der Waals surface area contributed by atoms with Crippen molar-refractivity contribution in [1.29, 1.82) is 0 Å². The smallest absolute Gasteiger partial charge is 0.132 e. The van der Waals surface area contributed by atoms with Crippen LogP contribution < -0.4 is 0 Å². The van der Waals surface area contributed by atoms with Gasteiger partial charge in [0.2, 0.25) is 0 Å². The van der Waals surface area contributed by atoms with Gasteiger partial charge in [0, 0.05) is 17.2 Å². The van der Waals surface area contributed by atoms with Gasteiger partial charge in [-0.25, -0.2) is 9.97 Å². The summed E-state index contributed by atoms with van der Waals surface area (Å²) in [6.45, 7) is 0. The van der Waals surface area contributed by atoms with Gasteiger partial charge in [0.05, 0.1) is 0 Å². The molecule has 0 aromatic carbocycles. The molecule has 2 aliphatic rings. The Morgan fingerprint density at radius 3 is 2.67 bits per heavy atom. The number of thioether (sulfide) groups is 1. The maximum Gasteiger partial charge on any atom is 0.132 e. The van der Waals surface area contributed by atoms with Crippen molar-refractivity contribution >= 4 is 11.8 Å². The van der Waals surface area contributed by atoms with Gasteiger partial charge < -0.3 is 0 Å². The number of hydrogen-bond acceptors (Lipinski definition) is 3. The molecule has 15 heavy (non-hydrogen) atoms. The molecule has 0 aliphatic heterocycles. The molecule has 0 spiro atoms. The van der Waals surface area contributed by atoms with Crippen molar-refractivity contribution in [1.82, 2.24) is 9.97 Å². The lowest BCUT2D eigenvalue weighted by Gasteiger charge is -2.17. The van der Waals surface area contributed by atoms with Crippen molar-refractivity contribution in [2.45, 2.75) is 49.5 Å². The van der Waals surface area contributed by atoms with Gasteiger partial charge in [-0.2, -0.15) is 0 Å². The molecular weight excluding hydrogens is 204 g/mol. The molecule has 3 heteroatoms. The number of hydrogen-bond donors (Lipinski definition) is 0. The molecule has 1 aromatic rings. The Kier molecular flexibility index (Phi) is 2.43. The lowest BCUT2D eigenvalue weighted by molar-refractivity contribution is 0.634. The van der Waals surface area contributed by atoms with Crippen LogP contribution in [0.5, 0.6) is 0 Å². The van der Waals surface area contributed by atoms with E-state index in [-0.39, 0.29) is 0 Å². The lowest BCUT2D eigenvalue weighted by Crippen LogP contribution is -2.11. The van der Waals surface area contributed by atoms with E-state index in [1.165, 1.54) is 54.8 Å². The molecule has 0 amide bonds. The van der Waals surface area contributed by atoms with Crippen molar-refractivity contribution in [3.05, 3.63) is 17.1 Å². The molecule has 0 unspecified atom stereocenters. The van der Waals surface area contributed by atoms with Gasteiger partial charge in [-0.3, -0.25) is 0 Å². The van der Waals surface area contributed by atoms with E-state index in [2.05, 4.69) is 6.26 Å². The highest BCUT2D eigenvalue weighted by molar-refractivity contribution is 7.98. The third kappa shape index (κ3) is 1.78. The zero-order valence-corrected chi connectivity index (χ0v) is 9.94. The van der Waals surface area contributed by atoms with Gasteiger partial charge in [0.1, 0.15) is 10.9 Å². The fourth-order valence-corrected chi connectivity index (χ4v) is 2.92. The van der Waals surface area contributed by atoms with Crippen LogP contribution in [0, 0.1) is 0 Å². The van der Waals surface area contributed by atoms with Crippen LogP contribution in [0.1, 0.15) is 48.7 Å². The molecule has 0 radical (unpaired) electrons. The first-order valence-corrected chi connectivity index (χ1v) is 7.04. The second-order valence-corrected chi connectivity index (χ2v) is 5.29. The summed E-state index contributed by atoms with van der Waals surface area (Å²) < 4.78 is 0. The van der Waals surface area contributed by atoms with E-state index in [1.54, 1.807) is 11.8 Å². The van der Waals surface area contributed by atoms with Crippen LogP contribution in [0.4, 0.5) is 0 Å². The zero-order valence-electron chi connectivity index (χ0n) is 9.12. The van der Waals surface area contributed by atoms with Crippen LogP contribution in [0.15, 0.2) is 5.03 Å². The third-order valence-electron chi connectivity index (χ3n) is 3.30. The maximum atomic E-state index is 4.76. The molecule has 2 aliphatic carbocycles. The fourth-order valence-electron chi connectivity index (χ4n) is 2.27. The van der Waals surface area contributed by atoms with Crippen LogP contribution in [0.2, 0.25) is 0 Å². The summed E-state index contributed by atoms with van der Waals surface area (Å²) in [5.41, 5.74) is 2.79. The molecule has 0 saturated heterocycles. The summed E-state index contributed by atoms with van der Waals surface area (Å²) in [6.07, 6.45) is 9.71. The summed E-state index contributed by atoms with van der Waals surface area (Å²) in [5, 5.41) is 1.25. The minimum Gasteiger partial charge on any atom is -0.237 e. The van der Waals surface area contributed by atoms with Crippen molar-refractivity contribution < 1.29 is 0 Å². The Morgan fingerprint density at radius 1 is 1.13 bits per heavy atom. The first kappa shape index (κ1) is 9.64. The minimum atomic E-state index is 0.683. The summed E-state index contributed by atoms with van der Waals surface area (Å²) in [5.74, 6) is 1.81. The quantitative estimate of drug-likeness (QED) is 0.566. The van der Waals surface area contributed by atoms with Crippen molar-refractivity contribution in [3.63, 3.8) is 0 Å². The Balaban J connectivity index is 2.06. The van der Waals surface area contributed by atoms with Gasteiger partial charge in [-0.05, 0) is 44.8 Å². The summed E-state index contributed by atoms with van der Waals surface area (Å²) in [6, 6.07) is 0. The van der Waals surface area contributed by atoms with Gasteiger partial charge in [-0.15, -0.1) is 11.8 Å². The Bertz CT molecular complexity index is 368. The molecule has 3 rings (SSSR count). The first-order chi connectivity index (χ1) is 7.38. The molecule has 80 valence electrons. The Labute approximate surface area is 94.9 Å². The predicted molar refractivity (Wildman–Crippen MR) is 62.4 cm³/mol. The number of fused-ring (bicyclic) bond motifs is 1. The average Bonchev–Trinajstić information content (AvgIpc) is 3.11. The first-order valence-electron chi connectivity index (χ1n) is 5.82. The van der Waals surface area contributed by atoms with Crippen LogP contribution >= 0.6 is 11.8 Å².